The maximum absolute atomic E-state index is 12.1. The highest BCUT2D eigenvalue weighted by Gasteiger charge is 2.09. The van der Waals surface area contributed by atoms with Gasteiger partial charge in [0.2, 0.25) is 5.91 Å². The van der Waals surface area contributed by atoms with Crippen LogP contribution in [0.3, 0.4) is 0 Å². The van der Waals surface area contributed by atoms with Crippen molar-refractivity contribution in [1.29, 1.82) is 0 Å². The topological polar surface area (TPSA) is 56.0 Å². The Balaban J connectivity index is 1.83. The van der Waals surface area contributed by atoms with Gasteiger partial charge in [-0.15, -0.1) is 0 Å². The first kappa shape index (κ1) is 14.4. The van der Waals surface area contributed by atoms with Crippen molar-refractivity contribution < 1.29 is 4.79 Å². The third-order valence-corrected chi connectivity index (χ3v) is 3.67. The number of carbonyl (C=O) groups is 1. The van der Waals surface area contributed by atoms with Gasteiger partial charge in [0.25, 0.3) is 5.56 Å². The van der Waals surface area contributed by atoms with Crippen molar-refractivity contribution in [2.24, 2.45) is 7.05 Å². The van der Waals surface area contributed by atoms with Gasteiger partial charge < -0.3 is 14.5 Å². The van der Waals surface area contributed by atoms with Crippen molar-refractivity contribution >= 4 is 34.1 Å². The molecule has 0 unspecified atom stereocenters. The molecule has 0 bridgehead atoms. The van der Waals surface area contributed by atoms with Gasteiger partial charge in [0.1, 0.15) is 6.54 Å². The van der Waals surface area contributed by atoms with Crippen molar-refractivity contribution in [3.8, 4) is 0 Å². The second-order valence-corrected chi connectivity index (χ2v) is 5.47. The molecule has 1 amide bonds. The second kappa shape index (κ2) is 5.69. The number of aromatic nitrogens is 2. The molecule has 0 atom stereocenters. The number of halogens is 1. The largest absolute Gasteiger partial charge is 0.338 e. The fourth-order valence-electron chi connectivity index (χ4n) is 2.35. The van der Waals surface area contributed by atoms with Crippen LogP contribution in [0, 0.1) is 0 Å². The Hall–Kier alpha value is -2.53. The molecule has 0 aliphatic heterocycles. The van der Waals surface area contributed by atoms with Gasteiger partial charge in [-0.05, 0) is 30.3 Å². The zero-order valence-electron chi connectivity index (χ0n) is 11.9. The summed E-state index contributed by atoms with van der Waals surface area (Å²) >= 11 is 5.89. The van der Waals surface area contributed by atoms with E-state index in [2.05, 4.69) is 5.32 Å². The van der Waals surface area contributed by atoms with E-state index in [1.54, 1.807) is 54.3 Å². The quantitative estimate of drug-likeness (QED) is 0.808. The van der Waals surface area contributed by atoms with Gasteiger partial charge in [-0.1, -0.05) is 17.7 Å². The molecule has 6 heteroatoms. The maximum atomic E-state index is 12.1. The molecular weight excluding hydrogens is 302 g/mol. The van der Waals surface area contributed by atoms with E-state index in [1.807, 2.05) is 6.07 Å². The smallest absolute Gasteiger partial charge is 0.259 e. The fourth-order valence-corrected chi connectivity index (χ4v) is 2.54. The number of aryl methyl sites for hydroxylation is 1. The molecule has 22 heavy (non-hydrogen) atoms. The lowest BCUT2D eigenvalue weighted by Crippen LogP contribution is -2.19. The molecule has 3 aromatic rings. The lowest BCUT2D eigenvalue weighted by Gasteiger charge is -2.08. The first-order valence-corrected chi connectivity index (χ1v) is 7.12. The molecule has 2 heterocycles. The fraction of sp³-hybridized carbons (Fsp3) is 0.125. The van der Waals surface area contributed by atoms with Gasteiger partial charge in [0.15, 0.2) is 0 Å². The summed E-state index contributed by atoms with van der Waals surface area (Å²) in [7, 11) is 1.70. The van der Waals surface area contributed by atoms with Gasteiger partial charge >= 0.3 is 0 Å². The van der Waals surface area contributed by atoms with Crippen molar-refractivity contribution in [2.45, 2.75) is 6.54 Å². The number of carbonyl (C=O) groups excluding carboxylic acids is 1. The van der Waals surface area contributed by atoms with Crippen LogP contribution in [0.2, 0.25) is 5.02 Å². The maximum Gasteiger partial charge on any atom is 0.259 e. The van der Waals surface area contributed by atoms with Crippen LogP contribution in [0.4, 0.5) is 5.69 Å². The third kappa shape index (κ3) is 2.76. The van der Waals surface area contributed by atoms with E-state index in [-0.39, 0.29) is 18.0 Å². The van der Waals surface area contributed by atoms with Crippen LogP contribution in [0.1, 0.15) is 0 Å². The lowest BCUT2D eigenvalue weighted by molar-refractivity contribution is -0.116. The molecule has 1 N–H and O–H groups in total. The number of benzene rings is 1. The number of amides is 1. The van der Waals surface area contributed by atoms with E-state index < -0.39 is 0 Å². The van der Waals surface area contributed by atoms with E-state index >= 15 is 0 Å². The number of nitrogens with one attached hydrogen (secondary N) is 1. The summed E-state index contributed by atoms with van der Waals surface area (Å²) in [5.74, 6) is -0.180. The Bertz CT molecular complexity index is 911. The van der Waals surface area contributed by atoms with Gasteiger partial charge in [0, 0.05) is 30.2 Å². The van der Waals surface area contributed by atoms with E-state index in [1.165, 1.54) is 4.57 Å². The highest BCUT2D eigenvalue weighted by Crippen LogP contribution is 2.15. The van der Waals surface area contributed by atoms with Crippen LogP contribution < -0.4 is 10.9 Å². The highest BCUT2D eigenvalue weighted by molar-refractivity contribution is 6.30. The van der Waals surface area contributed by atoms with Crippen LogP contribution in [-0.2, 0) is 18.4 Å². The van der Waals surface area contributed by atoms with Crippen molar-refractivity contribution in [3.63, 3.8) is 0 Å². The molecule has 0 saturated carbocycles. The standard InChI is InChI=1S/C16H14ClN3O2/c1-19-7-6-14-13(16(19)22)5-8-20(14)10-15(21)18-12-4-2-3-11(17)9-12/h2-9H,10H2,1H3,(H,18,21). The highest BCUT2D eigenvalue weighted by atomic mass is 35.5. The minimum Gasteiger partial charge on any atom is -0.338 e. The van der Waals surface area contributed by atoms with Gasteiger partial charge in [0.05, 0.1) is 10.9 Å². The Morgan fingerprint density at radius 3 is 2.82 bits per heavy atom. The van der Waals surface area contributed by atoms with E-state index in [4.69, 9.17) is 11.6 Å². The normalized spacial score (nSPS) is 10.8. The first-order chi connectivity index (χ1) is 10.5. The van der Waals surface area contributed by atoms with Crippen LogP contribution in [0.15, 0.2) is 53.6 Å². The lowest BCUT2D eigenvalue weighted by atomic mass is 10.3. The second-order valence-electron chi connectivity index (χ2n) is 5.03. The van der Waals surface area contributed by atoms with Crippen LogP contribution >= 0.6 is 11.6 Å². The Morgan fingerprint density at radius 1 is 1.23 bits per heavy atom. The minimum absolute atomic E-state index is 0.0773. The molecule has 112 valence electrons. The zero-order chi connectivity index (χ0) is 15.7. The molecule has 5 nitrogen and oxygen atoms in total. The van der Waals surface area contributed by atoms with E-state index in [0.717, 1.165) is 5.52 Å². The number of anilines is 1. The van der Waals surface area contributed by atoms with Crippen LogP contribution in [0.25, 0.3) is 10.9 Å². The zero-order valence-corrected chi connectivity index (χ0v) is 12.7. The molecule has 0 spiro atoms. The third-order valence-electron chi connectivity index (χ3n) is 3.44. The molecule has 0 aliphatic carbocycles. The Morgan fingerprint density at radius 2 is 2.05 bits per heavy atom. The number of hydrogen-bond acceptors (Lipinski definition) is 2. The summed E-state index contributed by atoms with van der Waals surface area (Å²) in [5, 5.41) is 3.94. The number of rotatable bonds is 3. The summed E-state index contributed by atoms with van der Waals surface area (Å²) in [6, 6.07) is 10.5. The number of fused-ring (bicyclic) bond motifs is 1. The number of hydrogen-bond donors (Lipinski definition) is 1. The summed E-state index contributed by atoms with van der Waals surface area (Å²) in [6.07, 6.45) is 3.43. The minimum atomic E-state index is -0.180. The predicted molar refractivity (Wildman–Crippen MR) is 87.3 cm³/mol. The molecule has 0 saturated heterocycles. The molecule has 0 fully saturated rings. The monoisotopic (exact) mass is 315 g/mol. The average molecular weight is 316 g/mol. The Labute approximate surface area is 131 Å². The first-order valence-electron chi connectivity index (χ1n) is 6.74. The van der Waals surface area contributed by atoms with Gasteiger partial charge in [-0.25, -0.2) is 0 Å². The SMILES string of the molecule is Cn1ccc2c(ccn2CC(=O)Nc2cccc(Cl)c2)c1=O. The molecule has 0 aliphatic rings. The summed E-state index contributed by atoms with van der Waals surface area (Å²) in [6.45, 7) is 0.128. The summed E-state index contributed by atoms with van der Waals surface area (Å²) in [4.78, 5) is 24.1. The number of pyridine rings is 1. The molecular formula is C16H14ClN3O2. The molecule has 0 radical (unpaired) electrons. The van der Waals surface area contributed by atoms with E-state index in [9.17, 15) is 9.59 Å². The average Bonchev–Trinajstić information content (AvgIpc) is 2.86. The summed E-state index contributed by atoms with van der Waals surface area (Å²) in [5.41, 5.74) is 1.31. The summed E-state index contributed by atoms with van der Waals surface area (Å²) < 4.78 is 3.26. The molecule has 2 aromatic heterocycles. The van der Waals surface area contributed by atoms with Gasteiger partial charge in [-0.3, -0.25) is 9.59 Å². The van der Waals surface area contributed by atoms with Crippen molar-refractivity contribution in [3.05, 3.63) is 64.2 Å². The van der Waals surface area contributed by atoms with Crippen molar-refractivity contribution in [2.75, 3.05) is 5.32 Å². The van der Waals surface area contributed by atoms with Gasteiger partial charge in [-0.2, -0.15) is 0 Å². The van der Waals surface area contributed by atoms with E-state index in [0.29, 0.717) is 16.1 Å². The van der Waals surface area contributed by atoms with Crippen LogP contribution in [-0.4, -0.2) is 15.0 Å². The van der Waals surface area contributed by atoms with Crippen molar-refractivity contribution in [1.82, 2.24) is 9.13 Å². The Kier molecular flexibility index (Phi) is 3.73. The number of nitrogens with zero attached hydrogens (tertiary/aromatic N) is 2. The molecule has 1 aromatic carbocycles. The van der Waals surface area contributed by atoms with Crippen LogP contribution in [0.5, 0.6) is 0 Å². The molecule has 3 rings (SSSR count). The predicted octanol–water partition coefficient (Wildman–Crippen LogP) is 2.63.